The number of ketones is 1. The summed E-state index contributed by atoms with van der Waals surface area (Å²) in [6, 6.07) is 15.4. The van der Waals surface area contributed by atoms with E-state index in [1.54, 1.807) is 13.1 Å². The molecule has 0 saturated carbocycles. The van der Waals surface area contributed by atoms with Gasteiger partial charge in [0.1, 0.15) is 12.4 Å². The molecule has 0 aliphatic rings. The van der Waals surface area contributed by atoms with Crippen LogP contribution in [0.25, 0.3) is 10.9 Å². The van der Waals surface area contributed by atoms with Crippen LogP contribution in [-0.4, -0.2) is 22.9 Å². The zero-order valence-electron chi connectivity index (χ0n) is 14.9. The molecular weight excluding hydrogens is 330 g/mol. The van der Waals surface area contributed by atoms with E-state index in [1.165, 1.54) is 0 Å². The van der Waals surface area contributed by atoms with Gasteiger partial charge in [-0.1, -0.05) is 30.3 Å². The van der Waals surface area contributed by atoms with Crippen LogP contribution in [0.2, 0.25) is 0 Å². The molecule has 0 unspecified atom stereocenters. The molecule has 0 atom stereocenters. The SMILES string of the molecule is CCOC(=O)C(=O)c1cn(CC)c2cc(OCc3ccccc3)ccc12. The van der Waals surface area contributed by atoms with Gasteiger partial charge in [0.05, 0.1) is 17.7 Å². The molecule has 0 saturated heterocycles. The predicted octanol–water partition coefficient (Wildman–Crippen LogP) is 3.99. The monoisotopic (exact) mass is 351 g/mol. The van der Waals surface area contributed by atoms with Gasteiger partial charge in [-0.15, -0.1) is 0 Å². The van der Waals surface area contributed by atoms with Gasteiger partial charge in [-0.25, -0.2) is 4.79 Å². The fourth-order valence-corrected chi connectivity index (χ4v) is 2.85. The summed E-state index contributed by atoms with van der Waals surface area (Å²) in [6.45, 7) is 4.98. The summed E-state index contributed by atoms with van der Waals surface area (Å²) in [5.74, 6) is -0.738. The zero-order chi connectivity index (χ0) is 18.5. The molecule has 0 spiro atoms. The Morgan fingerprint density at radius 1 is 1.04 bits per heavy atom. The van der Waals surface area contributed by atoms with Crippen LogP contribution in [-0.2, 0) is 22.7 Å². The first kappa shape index (κ1) is 17.7. The topological polar surface area (TPSA) is 57.5 Å². The minimum atomic E-state index is -0.827. The lowest BCUT2D eigenvalue weighted by Crippen LogP contribution is -2.17. The highest BCUT2D eigenvalue weighted by molar-refractivity contribution is 6.43. The summed E-state index contributed by atoms with van der Waals surface area (Å²) in [7, 11) is 0. The smallest absolute Gasteiger partial charge is 0.379 e. The Morgan fingerprint density at radius 2 is 1.81 bits per heavy atom. The summed E-state index contributed by atoms with van der Waals surface area (Å²) < 4.78 is 12.6. The Labute approximate surface area is 152 Å². The number of fused-ring (bicyclic) bond motifs is 1. The molecule has 0 amide bonds. The van der Waals surface area contributed by atoms with Crippen LogP contribution in [0.1, 0.15) is 29.8 Å². The van der Waals surface area contributed by atoms with Crippen LogP contribution >= 0.6 is 0 Å². The van der Waals surface area contributed by atoms with Crippen LogP contribution in [0.5, 0.6) is 5.75 Å². The number of ether oxygens (including phenoxy) is 2. The molecule has 0 radical (unpaired) electrons. The van der Waals surface area contributed by atoms with E-state index in [-0.39, 0.29) is 6.61 Å². The molecule has 5 heteroatoms. The molecule has 3 aromatic rings. The van der Waals surface area contributed by atoms with E-state index in [4.69, 9.17) is 9.47 Å². The fourth-order valence-electron chi connectivity index (χ4n) is 2.85. The van der Waals surface area contributed by atoms with E-state index in [0.717, 1.165) is 16.5 Å². The lowest BCUT2D eigenvalue weighted by atomic mass is 10.1. The summed E-state index contributed by atoms with van der Waals surface area (Å²) in [5.41, 5.74) is 2.29. The van der Waals surface area contributed by atoms with E-state index in [1.807, 2.05) is 60.0 Å². The minimum Gasteiger partial charge on any atom is -0.489 e. The summed E-state index contributed by atoms with van der Waals surface area (Å²) in [5, 5.41) is 0.719. The van der Waals surface area contributed by atoms with Crippen LogP contribution in [0, 0.1) is 0 Å². The van der Waals surface area contributed by atoms with Gasteiger partial charge in [-0.05, 0) is 31.5 Å². The van der Waals surface area contributed by atoms with E-state index < -0.39 is 11.8 Å². The van der Waals surface area contributed by atoms with Gasteiger partial charge in [0.15, 0.2) is 0 Å². The van der Waals surface area contributed by atoms with Crippen molar-refractivity contribution in [1.29, 1.82) is 0 Å². The number of carbonyl (C=O) groups excluding carboxylic acids is 2. The number of benzene rings is 2. The second-order valence-electron chi connectivity index (χ2n) is 5.83. The second-order valence-corrected chi connectivity index (χ2v) is 5.83. The van der Waals surface area contributed by atoms with Crippen molar-refractivity contribution in [2.45, 2.75) is 27.0 Å². The normalized spacial score (nSPS) is 10.7. The van der Waals surface area contributed by atoms with E-state index in [2.05, 4.69) is 0 Å². The molecule has 1 heterocycles. The lowest BCUT2D eigenvalue weighted by Gasteiger charge is -2.08. The van der Waals surface area contributed by atoms with Crippen LogP contribution in [0.15, 0.2) is 54.7 Å². The van der Waals surface area contributed by atoms with E-state index in [9.17, 15) is 9.59 Å². The summed E-state index contributed by atoms with van der Waals surface area (Å²) in [6.07, 6.45) is 1.70. The van der Waals surface area contributed by atoms with Crippen molar-refractivity contribution in [3.05, 3.63) is 65.9 Å². The maximum Gasteiger partial charge on any atom is 0.379 e. The van der Waals surface area contributed by atoms with Crippen molar-refractivity contribution in [2.24, 2.45) is 0 Å². The highest BCUT2D eigenvalue weighted by Gasteiger charge is 2.22. The molecule has 0 aliphatic carbocycles. The number of hydrogen-bond donors (Lipinski definition) is 0. The third-order valence-corrected chi connectivity index (χ3v) is 4.15. The Balaban J connectivity index is 1.89. The minimum absolute atomic E-state index is 0.175. The van der Waals surface area contributed by atoms with Crippen molar-refractivity contribution < 1.29 is 19.1 Å². The van der Waals surface area contributed by atoms with Crippen LogP contribution in [0.4, 0.5) is 0 Å². The van der Waals surface area contributed by atoms with Gasteiger partial charge in [-0.3, -0.25) is 4.79 Å². The van der Waals surface area contributed by atoms with Crippen molar-refractivity contribution in [3.8, 4) is 5.75 Å². The molecule has 0 bridgehead atoms. The first-order valence-corrected chi connectivity index (χ1v) is 8.65. The van der Waals surface area contributed by atoms with Gasteiger partial charge in [-0.2, -0.15) is 0 Å². The van der Waals surface area contributed by atoms with E-state index >= 15 is 0 Å². The fraction of sp³-hybridized carbons (Fsp3) is 0.238. The number of hydrogen-bond acceptors (Lipinski definition) is 4. The first-order chi connectivity index (χ1) is 12.6. The standard InChI is InChI=1S/C21H21NO4/c1-3-22-13-18(20(23)21(24)25-4-2)17-11-10-16(12-19(17)22)26-14-15-8-6-5-7-9-15/h5-13H,3-4,14H2,1-2H3. The maximum atomic E-state index is 12.4. The molecule has 0 aliphatic heterocycles. The highest BCUT2D eigenvalue weighted by Crippen LogP contribution is 2.27. The molecule has 3 rings (SSSR count). The Kier molecular flexibility index (Phi) is 5.37. The predicted molar refractivity (Wildman–Crippen MR) is 99.3 cm³/mol. The van der Waals surface area contributed by atoms with Gasteiger partial charge < -0.3 is 14.0 Å². The number of aryl methyl sites for hydroxylation is 1. The third kappa shape index (κ3) is 3.61. The van der Waals surface area contributed by atoms with Gasteiger partial charge in [0.25, 0.3) is 5.78 Å². The molecule has 1 aromatic heterocycles. The molecule has 26 heavy (non-hydrogen) atoms. The maximum absolute atomic E-state index is 12.4. The summed E-state index contributed by atoms with van der Waals surface area (Å²) in [4.78, 5) is 24.2. The number of rotatable bonds is 7. The number of aromatic nitrogens is 1. The quantitative estimate of drug-likeness (QED) is 0.367. The average Bonchev–Trinajstić information content (AvgIpc) is 3.04. The molecule has 0 fully saturated rings. The van der Waals surface area contributed by atoms with Crippen molar-refractivity contribution in [1.82, 2.24) is 4.57 Å². The third-order valence-electron chi connectivity index (χ3n) is 4.15. The Morgan fingerprint density at radius 3 is 2.50 bits per heavy atom. The highest BCUT2D eigenvalue weighted by atomic mass is 16.5. The molecule has 2 aromatic carbocycles. The molecule has 134 valence electrons. The van der Waals surface area contributed by atoms with E-state index in [0.29, 0.717) is 24.5 Å². The van der Waals surface area contributed by atoms with Gasteiger partial charge >= 0.3 is 5.97 Å². The Hall–Kier alpha value is -3.08. The average molecular weight is 351 g/mol. The van der Waals surface area contributed by atoms with Gasteiger partial charge in [0, 0.05) is 24.2 Å². The number of nitrogens with zero attached hydrogens (tertiary/aromatic N) is 1. The zero-order valence-corrected chi connectivity index (χ0v) is 14.9. The van der Waals surface area contributed by atoms with Gasteiger partial charge in [0.2, 0.25) is 0 Å². The number of esters is 1. The Bertz CT molecular complexity index is 928. The van der Waals surface area contributed by atoms with Crippen LogP contribution in [0.3, 0.4) is 0 Å². The largest absolute Gasteiger partial charge is 0.489 e. The van der Waals surface area contributed by atoms with Crippen LogP contribution < -0.4 is 4.74 Å². The summed E-state index contributed by atoms with van der Waals surface area (Å²) >= 11 is 0. The molecule has 5 nitrogen and oxygen atoms in total. The number of Topliss-reactive ketones (excluding diaryl/α,β-unsaturated/α-hetero) is 1. The molecular formula is C21H21NO4. The second kappa shape index (κ2) is 7.87. The van der Waals surface area contributed by atoms with Crippen molar-refractivity contribution in [2.75, 3.05) is 6.61 Å². The van der Waals surface area contributed by atoms with Crippen molar-refractivity contribution in [3.63, 3.8) is 0 Å². The number of carbonyl (C=O) groups is 2. The first-order valence-electron chi connectivity index (χ1n) is 8.65. The molecule has 0 N–H and O–H groups in total. The lowest BCUT2D eigenvalue weighted by molar-refractivity contribution is -0.137. The van der Waals surface area contributed by atoms with Crippen molar-refractivity contribution >= 4 is 22.7 Å².